The molecule has 0 aliphatic carbocycles. The first kappa shape index (κ1) is 17.7. The van der Waals surface area contributed by atoms with Gasteiger partial charge >= 0.3 is 0 Å². The minimum atomic E-state index is 0.199. The molecule has 4 rings (SSSR count). The average Bonchev–Trinajstić information content (AvgIpc) is 2.70. The van der Waals surface area contributed by atoms with Crippen LogP contribution in [-0.4, -0.2) is 20.3 Å². The fourth-order valence-corrected chi connectivity index (χ4v) is 3.64. The highest BCUT2D eigenvalue weighted by molar-refractivity contribution is 5.97. The Hall–Kier alpha value is -2.72. The standard InChI is InChI=1S/C23H24O4/c1-15-9-17-10-18-11-19(24-2)12-21(25-3)22(18)23(20(17)14-26-15)27-13-16-7-5-4-6-8-16/h4-8,10-12,15H,9,13-14H2,1-3H3. The van der Waals surface area contributed by atoms with Crippen LogP contribution >= 0.6 is 0 Å². The van der Waals surface area contributed by atoms with Crippen LogP contribution in [0.5, 0.6) is 17.2 Å². The molecule has 0 saturated heterocycles. The van der Waals surface area contributed by atoms with Gasteiger partial charge in [0.05, 0.1) is 32.3 Å². The molecule has 1 unspecified atom stereocenters. The molecule has 3 aromatic rings. The van der Waals surface area contributed by atoms with Crippen LogP contribution < -0.4 is 14.2 Å². The summed E-state index contributed by atoms with van der Waals surface area (Å²) in [5.41, 5.74) is 3.50. The van der Waals surface area contributed by atoms with Crippen molar-refractivity contribution in [1.82, 2.24) is 0 Å². The minimum Gasteiger partial charge on any atom is -0.497 e. The van der Waals surface area contributed by atoms with Gasteiger partial charge in [0.25, 0.3) is 0 Å². The molecule has 0 spiro atoms. The molecule has 4 heteroatoms. The van der Waals surface area contributed by atoms with E-state index in [-0.39, 0.29) is 6.10 Å². The second-order valence-corrected chi connectivity index (χ2v) is 6.87. The SMILES string of the molecule is COc1cc(OC)c2c(OCc3ccccc3)c3c(cc2c1)CC(C)OC3. The van der Waals surface area contributed by atoms with Crippen molar-refractivity contribution in [2.24, 2.45) is 0 Å². The van der Waals surface area contributed by atoms with E-state index in [0.717, 1.165) is 45.6 Å². The molecule has 0 fully saturated rings. The maximum absolute atomic E-state index is 6.35. The van der Waals surface area contributed by atoms with Crippen LogP contribution in [0.4, 0.5) is 0 Å². The van der Waals surface area contributed by atoms with Gasteiger partial charge in [0.2, 0.25) is 0 Å². The quantitative estimate of drug-likeness (QED) is 0.645. The molecule has 1 aliphatic rings. The van der Waals surface area contributed by atoms with Gasteiger partial charge in [-0.05, 0) is 35.9 Å². The number of benzene rings is 3. The van der Waals surface area contributed by atoms with Gasteiger partial charge in [0, 0.05) is 11.6 Å². The van der Waals surface area contributed by atoms with Crippen LogP contribution in [0.1, 0.15) is 23.6 Å². The summed E-state index contributed by atoms with van der Waals surface area (Å²) < 4.78 is 23.4. The minimum absolute atomic E-state index is 0.199. The van der Waals surface area contributed by atoms with E-state index in [2.05, 4.69) is 25.1 Å². The van der Waals surface area contributed by atoms with Crippen molar-refractivity contribution in [2.45, 2.75) is 32.7 Å². The second kappa shape index (κ2) is 7.49. The van der Waals surface area contributed by atoms with Crippen LogP contribution in [0.25, 0.3) is 10.8 Å². The van der Waals surface area contributed by atoms with Crippen molar-refractivity contribution < 1.29 is 18.9 Å². The maximum Gasteiger partial charge on any atom is 0.137 e. The summed E-state index contributed by atoms with van der Waals surface area (Å²) in [7, 11) is 3.34. The summed E-state index contributed by atoms with van der Waals surface area (Å²) in [5.74, 6) is 2.36. The molecule has 1 heterocycles. The number of methoxy groups -OCH3 is 2. The fourth-order valence-electron chi connectivity index (χ4n) is 3.64. The molecule has 3 aromatic carbocycles. The Labute approximate surface area is 159 Å². The predicted molar refractivity (Wildman–Crippen MR) is 106 cm³/mol. The molecule has 1 aliphatic heterocycles. The number of hydrogen-bond donors (Lipinski definition) is 0. The third kappa shape index (κ3) is 3.45. The van der Waals surface area contributed by atoms with Crippen LogP contribution in [0.3, 0.4) is 0 Å². The highest BCUT2D eigenvalue weighted by Crippen LogP contribution is 2.43. The largest absolute Gasteiger partial charge is 0.497 e. The summed E-state index contributed by atoms with van der Waals surface area (Å²) in [5, 5.41) is 2.02. The summed E-state index contributed by atoms with van der Waals surface area (Å²) in [6, 6.07) is 16.3. The molecule has 0 bridgehead atoms. The van der Waals surface area contributed by atoms with Crippen LogP contribution in [0.2, 0.25) is 0 Å². The summed E-state index contributed by atoms with van der Waals surface area (Å²) in [4.78, 5) is 0. The van der Waals surface area contributed by atoms with E-state index in [1.165, 1.54) is 5.56 Å². The normalized spacial score (nSPS) is 16.0. The van der Waals surface area contributed by atoms with Gasteiger partial charge in [-0.25, -0.2) is 0 Å². The summed E-state index contributed by atoms with van der Waals surface area (Å²) >= 11 is 0. The number of fused-ring (bicyclic) bond motifs is 2. The van der Waals surface area contributed by atoms with E-state index < -0.39 is 0 Å². The molecule has 27 heavy (non-hydrogen) atoms. The Kier molecular flexibility index (Phi) is 4.90. The zero-order valence-electron chi connectivity index (χ0n) is 16.0. The molecule has 0 radical (unpaired) electrons. The molecular weight excluding hydrogens is 340 g/mol. The third-order valence-electron chi connectivity index (χ3n) is 5.03. The van der Waals surface area contributed by atoms with Gasteiger partial charge in [-0.15, -0.1) is 0 Å². The van der Waals surface area contributed by atoms with Crippen molar-refractivity contribution >= 4 is 10.8 Å². The second-order valence-electron chi connectivity index (χ2n) is 6.87. The number of ether oxygens (including phenoxy) is 4. The Morgan fingerprint density at radius 3 is 2.59 bits per heavy atom. The van der Waals surface area contributed by atoms with Crippen molar-refractivity contribution in [2.75, 3.05) is 14.2 Å². The molecular formula is C23H24O4. The lowest BCUT2D eigenvalue weighted by molar-refractivity contribution is 0.0393. The lowest BCUT2D eigenvalue weighted by atomic mass is 9.93. The van der Waals surface area contributed by atoms with E-state index in [1.807, 2.05) is 30.3 Å². The lowest BCUT2D eigenvalue weighted by Crippen LogP contribution is -2.20. The van der Waals surface area contributed by atoms with Crippen LogP contribution in [0.15, 0.2) is 48.5 Å². The van der Waals surface area contributed by atoms with E-state index in [1.54, 1.807) is 14.2 Å². The van der Waals surface area contributed by atoms with Gasteiger partial charge < -0.3 is 18.9 Å². The highest BCUT2D eigenvalue weighted by atomic mass is 16.5. The van der Waals surface area contributed by atoms with Gasteiger partial charge in [0.15, 0.2) is 0 Å². The molecule has 0 amide bonds. The first-order valence-electron chi connectivity index (χ1n) is 9.18. The molecule has 4 nitrogen and oxygen atoms in total. The Morgan fingerprint density at radius 1 is 1.04 bits per heavy atom. The monoisotopic (exact) mass is 364 g/mol. The highest BCUT2D eigenvalue weighted by Gasteiger charge is 2.24. The molecule has 0 saturated carbocycles. The predicted octanol–water partition coefficient (Wildman–Crippen LogP) is 4.90. The fraction of sp³-hybridized carbons (Fsp3) is 0.304. The third-order valence-corrected chi connectivity index (χ3v) is 5.03. The van der Waals surface area contributed by atoms with E-state index in [4.69, 9.17) is 18.9 Å². The van der Waals surface area contributed by atoms with Crippen molar-refractivity contribution in [3.63, 3.8) is 0 Å². The van der Waals surface area contributed by atoms with Gasteiger partial charge in [-0.3, -0.25) is 0 Å². The van der Waals surface area contributed by atoms with Crippen LogP contribution in [0, 0.1) is 0 Å². The van der Waals surface area contributed by atoms with Gasteiger partial charge in [0.1, 0.15) is 23.9 Å². The number of rotatable bonds is 5. The van der Waals surface area contributed by atoms with E-state index in [9.17, 15) is 0 Å². The first-order valence-corrected chi connectivity index (χ1v) is 9.18. The zero-order chi connectivity index (χ0) is 18.8. The maximum atomic E-state index is 6.35. The van der Waals surface area contributed by atoms with Crippen molar-refractivity contribution in [3.05, 3.63) is 65.2 Å². The Morgan fingerprint density at radius 2 is 1.85 bits per heavy atom. The summed E-state index contributed by atoms with van der Waals surface area (Å²) in [6.07, 6.45) is 1.07. The van der Waals surface area contributed by atoms with Gasteiger partial charge in [-0.1, -0.05) is 36.4 Å². The van der Waals surface area contributed by atoms with Gasteiger partial charge in [-0.2, -0.15) is 0 Å². The lowest BCUT2D eigenvalue weighted by Gasteiger charge is -2.26. The van der Waals surface area contributed by atoms with Crippen molar-refractivity contribution in [3.8, 4) is 17.2 Å². The molecule has 0 aromatic heterocycles. The first-order chi connectivity index (χ1) is 13.2. The smallest absolute Gasteiger partial charge is 0.137 e. The van der Waals surface area contributed by atoms with Crippen molar-refractivity contribution in [1.29, 1.82) is 0 Å². The topological polar surface area (TPSA) is 36.9 Å². The van der Waals surface area contributed by atoms with E-state index >= 15 is 0 Å². The number of hydrogen-bond acceptors (Lipinski definition) is 4. The Balaban J connectivity index is 1.87. The molecule has 1 atom stereocenters. The zero-order valence-corrected chi connectivity index (χ0v) is 16.0. The average molecular weight is 364 g/mol. The molecule has 0 N–H and O–H groups in total. The van der Waals surface area contributed by atoms with Crippen LogP contribution in [-0.2, 0) is 24.4 Å². The summed E-state index contributed by atoms with van der Waals surface area (Å²) in [6.45, 7) is 3.15. The Bertz CT molecular complexity index is 950. The molecule has 140 valence electrons. The van der Waals surface area contributed by atoms with E-state index in [0.29, 0.717) is 13.2 Å².